The Kier molecular flexibility index (Phi) is 4.60. The number of benzene rings is 1. The number of hydrogen-bond donors (Lipinski definition) is 1. The van der Waals surface area contributed by atoms with Gasteiger partial charge in [0.1, 0.15) is 0 Å². The molecule has 106 valence electrons. The maximum absolute atomic E-state index is 12.0. The summed E-state index contributed by atoms with van der Waals surface area (Å²) >= 11 is 3.41. The monoisotopic (exact) mass is 335 g/mol. The number of aromatic nitrogens is 2. The van der Waals surface area contributed by atoms with Crippen molar-refractivity contribution in [3.8, 4) is 0 Å². The van der Waals surface area contributed by atoms with Crippen molar-refractivity contribution in [2.75, 3.05) is 5.32 Å². The molecule has 0 aliphatic rings. The average Bonchev–Trinajstić information content (AvgIpc) is 2.71. The number of aryl methyl sites for hydroxylation is 4. The fourth-order valence-electron chi connectivity index (χ4n) is 2.04. The summed E-state index contributed by atoms with van der Waals surface area (Å²) in [6, 6.07) is 5.98. The SMILES string of the molecule is Cc1cccc(C)c1NC(=O)CCn1cc(Br)c(C)n1. The van der Waals surface area contributed by atoms with Crippen molar-refractivity contribution in [3.05, 3.63) is 45.7 Å². The molecule has 5 heteroatoms. The normalized spacial score (nSPS) is 10.6. The van der Waals surface area contributed by atoms with Crippen LogP contribution in [0.3, 0.4) is 0 Å². The lowest BCUT2D eigenvalue weighted by molar-refractivity contribution is -0.116. The van der Waals surface area contributed by atoms with E-state index in [9.17, 15) is 4.79 Å². The van der Waals surface area contributed by atoms with Crippen LogP contribution < -0.4 is 5.32 Å². The van der Waals surface area contributed by atoms with Crippen LogP contribution in [-0.4, -0.2) is 15.7 Å². The molecule has 1 heterocycles. The summed E-state index contributed by atoms with van der Waals surface area (Å²) in [5.74, 6) is 0.00618. The molecule has 0 fully saturated rings. The molecule has 0 spiro atoms. The van der Waals surface area contributed by atoms with Gasteiger partial charge in [-0.25, -0.2) is 0 Å². The first kappa shape index (κ1) is 14.8. The first-order valence-corrected chi connectivity index (χ1v) is 7.32. The van der Waals surface area contributed by atoms with Crippen LogP contribution in [0.15, 0.2) is 28.9 Å². The van der Waals surface area contributed by atoms with Crippen LogP contribution in [0.5, 0.6) is 0 Å². The van der Waals surface area contributed by atoms with Gasteiger partial charge in [0.25, 0.3) is 0 Å². The van der Waals surface area contributed by atoms with Crippen LogP contribution in [0.1, 0.15) is 23.2 Å². The van der Waals surface area contributed by atoms with Crippen LogP contribution in [0.4, 0.5) is 5.69 Å². The van der Waals surface area contributed by atoms with Crippen molar-refractivity contribution in [2.45, 2.75) is 33.7 Å². The lowest BCUT2D eigenvalue weighted by Crippen LogP contribution is -2.16. The summed E-state index contributed by atoms with van der Waals surface area (Å²) in [6.45, 7) is 6.49. The highest BCUT2D eigenvalue weighted by molar-refractivity contribution is 9.10. The Hall–Kier alpha value is -1.62. The molecule has 0 radical (unpaired) electrons. The molecule has 0 aliphatic carbocycles. The summed E-state index contributed by atoms with van der Waals surface area (Å²) < 4.78 is 2.75. The third-order valence-electron chi connectivity index (χ3n) is 3.20. The molecule has 0 unspecified atom stereocenters. The van der Waals surface area contributed by atoms with Gasteiger partial charge in [0.2, 0.25) is 5.91 Å². The number of amides is 1. The topological polar surface area (TPSA) is 46.9 Å². The van der Waals surface area contributed by atoms with Gasteiger partial charge in [0.15, 0.2) is 0 Å². The van der Waals surface area contributed by atoms with Crippen molar-refractivity contribution >= 4 is 27.5 Å². The van der Waals surface area contributed by atoms with Gasteiger partial charge in [-0.2, -0.15) is 5.10 Å². The van der Waals surface area contributed by atoms with Gasteiger partial charge in [-0.15, -0.1) is 0 Å². The molecule has 2 rings (SSSR count). The van der Waals surface area contributed by atoms with Gasteiger partial charge in [0, 0.05) is 24.8 Å². The number of hydrogen-bond acceptors (Lipinski definition) is 2. The van der Waals surface area contributed by atoms with Crippen molar-refractivity contribution < 1.29 is 4.79 Å². The minimum atomic E-state index is 0.00618. The zero-order valence-electron chi connectivity index (χ0n) is 11.9. The van der Waals surface area contributed by atoms with Crippen LogP contribution in [-0.2, 0) is 11.3 Å². The number of nitrogens with zero attached hydrogens (tertiary/aromatic N) is 2. The van der Waals surface area contributed by atoms with Gasteiger partial charge in [-0.3, -0.25) is 9.48 Å². The number of halogens is 1. The second-order valence-electron chi connectivity index (χ2n) is 4.89. The second kappa shape index (κ2) is 6.22. The molecular formula is C15H18BrN3O. The molecule has 0 saturated carbocycles. The van der Waals surface area contributed by atoms with E-state index in [-0.39, 0.29) is 5.91 Å². The fourth-order valence-corrected chi connectivity index (χ4v) is 2.35. The highest BCUT2D eigenvalue weighted by atomic mass is 79.9. The van der Waals surface area contributed by atoms with E-state index in [1.165, 1.54) is 0 Å². The van der Waals surface area contributed by atoms with Gasteiger partial charge in [-0.05, 0) is 47.8 Å². The zero-order chi connectivity index (χ0) is 14.7. The van der Waals surface area contributed by atoms with Crippen molar-refractivity contribution in [3.63, 3.8) is 0 Å². The lowest BCUT2D eigenvalue weighted by Gasteiger charge is -2.11. The van der Waals surface area contributed by atoms with Crippen molar-refractivity contribution in [1.29, 1.82) is 0 Å². The summed E-state index contributed by atoms with van der Waals surface area (Å²) in [4.78, 5) is 12.0. The van der Waals surface area contributed by atoms with Crippen LogP contribution in [0.25, 0.3) is 0 Å². The van der Waals surface area contributed by atoms with Gasteiger partial charge < -0.3 is 5.32 Å². The molecule has 1 aromatic carbocycles. The van der Waals surface area contributed by atoms with E-state index < -0.39 is 0 Å². The number of para-hydroxylation sites is 1. The summed E-state index contributed by atoms with van der Waals surface area (Å²) in [6.07, 6.45) is 2.29. The number of anilines is 1. The summed E-state index contributed by atoms with van der Waals surface area (Å²) in [7, 11) is 0. The molecular weight excluding hydrogens is 318 g/mol. The quantitative estimate of drug-likeness (QED) is 0.927. The number of carbonyl (C=O) groups excluding carboxylic acids is 1. The first-order chi connectivity index (χ1) is 9.47. The summed E-state index contributed by atoms with van der Waals surface area (Å²) in [5.41, 5.74) is 4.00. The molecule has 4 nitrogen and oxygen atoms in total. The summed E-state index contributed by atoms with van der Waals surface area (Å²) in [5, 5.41) is 7.29. The highest BCUT2D eigenvalue weighted by Gasteiger charge is 2.08. The predicted octanol–water partition coefficient (Wildman–Crippen LogP) is 3.60. The maximum Gasteiger partial charge on any atom is 0.226 e. The first-order valence-electron chi connectivity index (χ1n) is 6.53. The van der Waals surface area contributed by atoms with Crippen LogP contribution >= 0.6 is 15.9 Å². The van der Waals surface area contributed by atoms with Crippen molar-refractivity contribution in [1.82, 2.24) is 9.78 Å². The highest BCUT2D eigenvalue weighted by Crippen LogP contribution is 2.19. The Morgan fingerprint density at radius 2 is 1.95 bits per heavy atom. The third-order valence-corrected chi connectivity index (χ3v) is 3.98. The van der Waals surface area contributed by atoms with Gasteiger partial charge >= 0.3 is 0 Å². The second-order valence-corrected chi connectivity index (χ2v) is 5.74. The molecule has 20 heavy (non-hydrogen) atoms. The Balaban J connectivity index is 1.96. The van der Waals surface area contributed by atoms with E-state index in [1.54, 1.807) is 4.68 Å². The predicted molar refractivity (Wildman–Crippen MR) is 83.8 cm³/mol. The van der Waals surface area contributed by atoms with Crippen molar-refractivity contribution in [2.24, 2.45) is 0 Å². The largest absolute Gasteiger partial charge is 0.326 e. The number of rotatable bonds is 4. The molecule has 0 atom stereocenters. The third kappa shape index (κ3) is 3.48. The molecule has 1 N–H and O–H groups in total. The lowest BCUT2D eigenvalue weighted by atomic mass is 10.1. The molecule has 1 amide bonds. The molecule has 1 aromatic heterocycles. The average molecular weight is 336 g/mol. The molecule has 2 aromatic rings. The van der Waals surface area contributed by atoms with E-state index in [1.807, 2.05) is 45.2 Å². The number of nitrogens with one attached hydrogen (secondary N) is 1. The van der Waals surface area contributed by atoms with Crippen LogP contribution in [0.2, 0.25) is 0 Å². The Morgan fingerprint density at radius 3 is 2.50 bits per heavy atom. The molecule has 0 bridgehead atoms. The zero-order valence-corrected chi connectivity index (χ0v) is 13.5. The minimum Gasteiger partial charge on any atom is -0.326 e. The number of carbonyl (C=O) groups is 1. The minimum absolute atomic E-state index is 0.00618. The van der Waals surface area contributed by atoms with E-state index >= 15 is 0 Å². The van der Waals surface area contributed by atoms with E-state index in [2.05, 4.69) is 26.3 Å². The smallest absolute Gasteiger partial charge is 0.226 e. The standard InChI is InChI=1S/C15H18BrN3O/c1-10-5-4-6-11(2)15(10)17-14(20)7-8-19-9-13(16)12(3)18-19/h4-6,9H,7-8H2,1-3H3,(H,17,20). The van der Waals surface area contributed by atoms with Crippen LogP contribution in [0, 0.1) is 20.8 Å². The Bertz CT molecular complexity index is 594. The van der Waals surface area contributed by atoms with E-state index in [4.69, 9.17) is 0 Å². The van der Waals surface area contributed by atoms with E-state index in [0.717, 1.165) is 27.0 Å². The maximum atomic E-state index is 12.0. The van der Waals surface area contributed by atoms with Gasteiger partial charge in [0.05, 0.1) is 10.2 Å². The molecule has 0 aliphatic heterocycles. The fraction of sp³-hybridized carbons (Fsp3) is 0.333. The van der Waals surface area contributed by atoms with E-state index in [0.29, 0.717) is 13.0 Å². The molecule has 0 saturated heterocycles. The Morgan fingerprint density at radius 1 is 1.30 bits per heavy atom. The Labute approximate surface area is 127 Å². The van der Waals surface area contributed by atoms with Gasteiger partial charge in [-0.1, -0.05) is 18.2 Å².